The quantitative estimate of drug-likeness (QED) is 0.625. The number of fused-ring (bicyclic) bond motifs is 4. The lowest BCUT2D eigenvalue weighted by molar-refractivity contribution is 0.161. The van der Waals surface area contributed by atoms with Gasteiger partial charge in [0.1, 0.15) is 5.75 Å². The topological polar surface area (TPSA) is 49.7 Å². The van der Waals surface area contributed by atoms with Crippen LogP contribution in [0.15, 0.2) is 60.8 Å². The fourth-order valence-corrected chi connectivity index (χ4v) is 5.37. The molecule has 6 nitrogen and oxygen atoms in total. The van der Waals surface area contributed by atoms with Crippen molar-refractivity contribution in [3.05, 3.63) is 72.1 Å². The molecule has 0 radical (unpaired) electrons. The van der Waals surface area contributed by atoms with Gasteiger partial charge < -0.3 is 24.4 Å². The van der Waals surface area contributed by atoms with Crippen LogP contribution in [0.2, 0.25) is 0 Å². The number of carbonyl (C=O) groups is 1. The molecule has 32 heavy (non-hydrogen) atoms. The van der Waals surface area contributed by atoms with Crippen LogP contribution < -0.4 is 15.0 Å². The molecule has 2 aliphatic heterocycles. The van der Waals surface area contributed by atoms with Gasteiger partial charge in [0.2, 0.25) is 0 Å². The van der Waals surface area contributed by atoms with Gasteiger partial charge in [0.15, 0.2) is 0 Å². The number of nitrogens with zero attached hydrogens (tertiary/aromatic N) is 3. The van der Waals surface area contributed by atoms with E-state index in [0.29, 0.717) is 13.1 Å². The van der Waals surface area contributed by atoms with Gasteiger partial charge in [-0.3, -0.25) is 0 Å². The second-order valence-corrected chi connectivity index (χ2v) is 8.68. The number of amides is 2. The number of likely N-dealkylation sites (tertiary alicyclic amines) is 1. The van der Waals surface area contributed by atoms with Crippen LogP contribution in [0.25, 0.3) is 5.69 Å². The van der Waals surface area contributed by atoms with Crippen LogP contribution in [-0.4, -0.2) is 42.2 Å². The molecule has 1 aromatic heterocycles. The third kappa shape index (κ3) is 3.22. The Morgan fingerprint density at radius 1 is 1.06 bits per heavy atom. The van der Waals surface area contributed by atoms with Crippen LogP contribution in [-0.2, 0) is 5.54 Å². The van der Waals surface area contributed by atoms with Crippen molar-refractivity contribution >= 4 is 17.4 Å². The second-order valence-electron chi connectivity index (χ2n) is 8.68. The summed E-state index contributed by atoms with van der Waals surface area (Å²) in [4.78, 5) is 17.5. The van der Waals surface area contributed by atoms with E-state index < -0.39 is 0 Å². The van der Waals surface area contributed by atoms with Gasteiger partial charge in [-0.05, 0) is 68.7 Å². The SMILES string of the molecule is CCN1c2cc(C)ccc2-n2cccc2C12CCN(C(=O)Nc1cccc(OC)c1)CC2. The lowest BCUT2D eigenvalue weighted by Gasteiger charge is -2.53. The number of nitrogens with one attached hydrogen (secondary N) is 1. The van der Waals surface area contributed by atoms with Gasteiger partial charge >= 0.3 is 6.03 Å². The van der Waals surface area contributed by atoms with Crippen molar-refractivity contribution in [1.82, 2.24) is 9.47 Å². The third-order valence-corrected chi connectivity index (χ3v) is 6.94. The smallest absolute Gasteiger partial charge is 0.321 e. The Labute approximate surface area is 189 Å². The highest BCUT2D eigenvalue weighted by Gasteiger charge is 2.46. The number of aryl methyl sites for hydroxylation is 1. The van der Waals surface area contributed by atoms with Crippen molar-refractivity contribution in [2.75, 3.05) is 37.0 Å². The number of piperidine rings is 1. The summed E-state index contributed by atoms with van der Waals surface area (Å²) in [5.74, 6) is 0.732. The van der Waals surface area contributed by atoms with Crippen molar-refractivity contribution in [2.24, 2.45) is 0 Å². The summed E-state index contributed by atoms with van der Waals surface area (Å²) >= 11 is 0. The molecule has 0 unspecified atom stereocenters. The summed E-state index contributed by atoms with van der Waals surface area (Å²) in [6, 6.07) is 18.5. The maximum absolute atomic E-state index is 13.0. The van der Waals surface area contributed by atoms with Gasteiger partial charge in [-0.25, -0.2) is 4.79 Å². The zero-order valence-electron chi connectivity index (χ0n) is 19.0. The zero-order chi connectivity index (χ0) is 22.3. The van der Waals surface area contributed by atoms with Gasteiger partial charge in [0, 0.05) is 43.3 Å². The molecule has 0 atom stereocenters. The minimum absolute atomic E-state index is 0.0569. The number of urea groups is 1. The van der Waals surface area contributed by atoms with E-state index in [9.17, 15) is 4.79 Å². The Hall–Kier alpha value is -3.41. The Morgan fingerprint density at radius 3 is 2.62 bits per heavy atom. The molecular weight excluding hydrogens is 400 g/mol. The number of rotatable bonds is 3. The summed E-state index contributed by atoms with van der Waals surface area (Å²) in [6.45, 7) is 6.72. The van der Waals surface area contributed by atoms with Gasteiger partial charge in [0.25, 0.3) is 0 Å². The lowest BCUT2D eigenvalue weighted by Crippen LogP contribution is -2.57. The van der Waals surface area contributed by atoms with Gasteiger partial charge in [0.05, 0.1) is 24.0 Å². The summed E-state index contributed by atoms with van der Waals surface area (Å²) in [7, 11) is 1.63. The first-order valence-corrected chi connectivity index (χ1v) is 11.3. The highest BCUT2D eigenvalue weighted by molar-refractivity contribution is 5.89. The molecule has 0 bridgehead atoms. The normalized spacial score (nSPS) is 16.5. The molecule has 3 heterocycles. The average molecular weight is 431 g/mol. The first-order valence-electron chi connectivity index (χ1n) is 11.3. The number of ether oxygens (including phenoxy) is 1. The Morgan fingerprint density at radius 2 is 1.88 bits per heavy atom. The van der Waals surface area contributed by atoms with Crippen LogP contribution in [0.4, 0.5) is 16.2 Å². The second kappa shape index (κ2) is 7.93. The van der Waals surface area contributed by atoms with Crippen LogP contribution in [0.5, 0.6) is 5.75 Å². The third-order valence-electron chi connectivity index (χ3n) is 6.94. The largest absolute Gasteiger partial charge is 0.497 e. The first-order chi connectivity index (χ1) is 15.6. The molecule has 1 spiro atoms. The number of hydrogen-bond acceptors (Lipinski definition) is 3. The Kier molecular flexibility index (Phi) is 5.08. The molecule has 1 N–H and O–H groups in total. The van der Waals surface area contributed by atoms with Crippen molar-refractivity contribution in [2.45, 2.75) is 32.2 Å². The predicted octanol–water partition coefficient (Wildman–Crippen LogP) is 5.16. The minimum Gasteiger partial charge on any atom is -0.497 e. The highest BCUT2D eigenvalue weighted by Crippen LogP contribution is 2.48. The molecular formula is C26H30N4O2. The Bertz CT molecular complexity index is 1140. The van der Waals surface area contributed by atoms with E-state index in [4.69, 9.17) is 4.74 Å². The molecule has 2 aromatic carbocycles. The van der Waals surface area contributed by atoms with Gasteiger partial charge in [-0.1, -0.05) is 12.1 Å². The fourth-order valence-electron chi connectivity index (χ4n) is 5.37. The van der Waals surface area contributed by atoms with Crippen LogP contribution >= 0.6 is 0 Å². The molecule has 5 rings (SSSR count). The van der Waals surface area contributed by atoms with Crippen LogP contribution in [0, 0.1) is 6.92 Å². The molecule has 2 aliphatic rings. The molecule has 1 saturated heterocycles. The van der Waals surface area contributed by atoms with E-state index in [-0.39, 0.29) is 11.6 Å². The molecule has 0 aliphatic carbocycles. The molecule has 166 valence electrons. The Balaban J connectivity index is 1.40. The van der Waals surface area contributed by atoms with Gasteiger partial charge in [-0.15, -0.1) is 0 Å². The maximum atomic E-state index is 13.0. The van der Waals surface area contributed by atoms with Crippen LogP contribution in [0.3, 0.4) is 0 Å². The number of carbonyl (C=O) groups excluding carboxylic acids is 1. The molecule has 6 heteroatoms. The molecule has 0 saturated carbocycles. The minimum atomic E-state index is -0.105. The summed E-state index contributed by atoms with van der Waals surface area (Å²) in [5.41, 5.74) is 5.75. The maximum Gasteiger partial charge on any atom is 0.321 e. The summed E-state index contributed by atoms with van der Waals surface area (Å²) in [6.07, 6.45) is 3.95. The summed E-state index contributed by atoms with van der Waals surface area (Å²) in [5, 5.41) is 3.03. The monoisotopic (exact) mass is 430 g/mol. The number of methoxy groups -OCH3 is 1. The highest BCUT2D eigenvalue weighted by atomic mass is 16.5. The van der Waals surface area contributed by atoms with E-state index in [0.717, 1.165) is 30.8 Å². The molecule has 1 fully saturated rings. The average Bonchev–Trinajstić information content (AvgIpc) is 3.31. The number of hydrogen-bond donors (Lipinski definition) is 1. The molecule has 3 aromatic rings. The van der Waals surface area contributed by atoms with Crippen LogP contribution in [0.1, 0.15) is 31.0 Å². The van der Waals surface area contributed by atoms with Crippen molar-refractivity contribution in [3.8, 4) is 11.4 Å². The van der Waals surface area contributed by atoms with Crippen molar-refractivity contribution in [1.29, 1.82) is 0 Å². The first kappa shape index (κ1) is 20.5. The standard InChI is InChI=1S/C26H30N4O2/c1-4-30-23-17-19(2)10-11-22(23)29-14-6-9-24(29)26(30)12-15-28(16-13-26)25(31)27-20-7-5-8-21(18-20)32-3/h5-11,14,17-18H,4,12-13,15-16H2,1-3H3,(H,27,31). The number of anilines is 2. The van der Waals surface area contributed by atoms with E-state index in [2.05, 4.69) is 65.2 Å². The summed E-state index contributed by atoms with van der Waals surface area (Å²) < 4.78 is 7.61. The number of aromatic nitrogens is 1. The molecule has 2 amide bonds. The van der Waals surface area contributed by atoms with E-state index in [1.54, 1.807) is 7.11 Å². The van der Waals surface area contributed by atoms with E-state index in [1.807, 2.05) is 29.2 Å². The van der Waals surface area contributed by atoms with Gasteiger partial charge in [-0.2, -0.15) is 0 Å². The van der Waals surface area contributed by atoms with E-state index >= 15 is 0 Å². The lowest BCUT2D eigenvalue weighted by atomic mass is 9.80. The zero-order valence-corrected chi connectivity index (χ0v) is 19.0. The van der Waals surface area contributed by atoms with Crippen molar-refractivity contribution < 1.29 is 9.53 Å². The predicted molar refractivity (Wildman–Crippen MR) is 128 cm³/mol. The van der Waals surface area contributed by atoms with Crippen molar-refractivity contribution in [3.63, 3.8) is 0 Å². The number of benzene rings is 2. The van der Waals surface area contributed by atoms with E-state index in [1.165, 1.54) is 22.6 Å². The fraction of sp³-hybridized carbons (Fsp3) is 0.346.